The zero-order valence-corrected chi connectivity index (χ0v) is 8.03. The first-order valence-electron chi connectivity index (χ1n) is 4.58. The number of Topliss-reactive ketones (excluding diaryl/α,β-unsaturated/α-hetero) is 1. The van der Waals surface area contributed by atoms with Crippen molar-refractivity contribution in [2.75, 3.05) is 0 Å². The summed E-state index contributed by atoms with van der Waals surface area (Å²) in [6.45, 7) is 1.74. The van der Waals surface area contributed by atoms with Crippen molar-refractivity contribution >= 4 is 5.78 Å². The Hall–Kier alpha value is -1.22. The van der Waals surface area contributed by atoms with E-state index in [0.717, 1.165) is 0 Å². The monoisotopic (exact) mass is 196 g/mol. The Balaban J connectivity index is 2.69. The van der Waals surface area contributed by atoms with Gasteiger partial charge in [0, 0.05) is 12.8 Å². The molecule has 0 spiro atoms. The van der Waals surface area contributed by atoms with Gasteiger partial charge in [-0.25, -0.2) is 4.39 Å². The smallest absolute Gasteiger partial charge is 0.135 e. The first kappa shape index (κ1) is 10.9. The topological polar surface area (TPSA) is 37.3 Å². The predicted molar refractivity (Wildman–Crippen MR) is 51.3 cm³/mol. The van der Waals surface area contributed by atoms with Gasteiger partial charge in [-0.2, -0.15) is 0 Å². The fourth-order valence-corrected chi connectivity index (χ4v) is 1.19. The zero-order valence-electron chi connectivity index (χ0n) is 8.03. The second kappa shape index (κ2) is 4.86. The summed E-state index contributed by atoms with van der Waals surface area (Å²) < 4.78 is 12.8. The molecular weight excluding hydrogens is 183 g/mol. The Bertz CT molecular complexity index is 323. The molecule has 1 unspecified atom stereocenters. The van der Waals surface area contributed by atoms with Gasteiger partial charge in [-0.1, -0.05) is 19.1 Å². The number of hydrogen-bond donors (Lipinski definition) is 1. The molecule has 0 aliphatic rings. The van der Waals surface area contributed by atoms with E-state index in [1.807, 2.05) is 0 Å². The van der Waals surface area contributed by atoms with Crippen molar-refractivity contribution in [3.63, 3.8) is 0 Å². The summed E-state index contributed by atoms with van der Waals surface area (Å²) >= 11 is 0. The van der Waals surface area contributed by atoms with Crippen LogP contribution in [0.4, 0.5) is 4.39 Å². The number of rotatable bonds is 4. The molecule has 1 N–H and O–H groups in total. The molecule has 1 aromatic carbocycles. The number of carbonyl (C=O) groups is 1. The normalized spacial score (nSPS) is 12.5. The minimum atomic E-state index is -0.891. The molecule has 0 heterocycles. The first-order valence-corrected chi connectivity index (χ1v) is 4.58. The number of aliphatic hydroxyl groups is 1. The largest absolute Gasteiger partial charge is 0.388 e. The summed E-state index contributed by atoms with van der Waals surface area (Å²) in [5, 5.41) is 9.56. The van der Waals surface area contributed by atoms with E-state index in [9.17, 15) is 14.3 Å². The lowest BCUT2D eigenvalue weighted by Gasteiger charge is -2.09. The van der Waals surface area contributed by atoms with E-state index in [-0.39, 0.29) is 12.2 Å². The summed E-state index contributed by atoms with van der Waals surface area (Å²) in [4.78, 5) is 11.0. The maximum Gasteiger partial charge on any atom is 0.135 e. The number of aliphatic hydroxyl groups excluding tert-OH is 1. The summed E-state index contributed by atoms with van der Waals surface area (Å²) in [5.74, 6) is -0.424. The van der Waals surface area contributed by atoms with Gasteiger partial charge >= 0.3 is 0 Å². The highest BCUT2D eigenvalue weighted by molar-refractivity contribution is 5.78. The Morgan fingerprint density at radius 1 is 1.57 bits per heavy atom. The van der Waals surface area contributed by atoms with Gasteiger partial charge in [0.05, 0.1) is 6.10 Å². The fraction of sp³-hybridized carbons (Fsp3) is 0.364. The average molecular weight is 196 g/mol. The minimum Gasteiger partial charge on any atom is -0.388 e. The van der Waals surface area contributed by atoms with Gasteiger partial charge in [-0.05, 0) is 17.7 Å². The minimum absolute atomic E-state index is 0.0261. The SMILES string of the molecule is CCC(=O)CC(O)c1cccc(F)c1. The van der Waals surface area contributed by atoms with Gasteiger partial charge in [0.15, 0.2) is 0 Å². The van der Waals surface area contributed by atoms with Crippen LogP contribution in [0.1, 0.15) is 31.4 Å². The van der Waals surface area contributed by atoms with Crippen LogP contribution in [-0.4, -0.2) is 10.9 Å². The second-order valence-electron chi connectivity index (χ2n) is 3.17. The molecular formula is C11H13FO2. The highest BCUT2D eigenvalue weighted by atomic mass is 19.1. The van der Waals surface area contributed by atoms with E-state index in [4.69, 9.17) is 0 Å². The van der Waals surface area contributed by atoms with E-state index in [0.29, 0.717) is 12.0 Å². The van der Waals surface area contributed by atoms with Crippen LogP contribution in [0.3, 0.4) is 0 Å². The van der Waals surface area contributed by atoms with E-state index in [1.54, 1.807) is 13.0 Å². The third-order valence-corrected chi connectivity index (χ3v) is 2.05. The Labute approximate surface area is 82.4 Å². The van der Waals surface area contributed by atoms with Crippen LogP contribution in [0, 0.1) is 5.82 Å². The van der Waals surface area contributed by atoms with Crippen molar-refractivity contribution in [3.8, 4) is 0 Å². The van der Waals surface area contributed by atoms with Crippen LogP contribution in [0.25, 0.3) is 0 Å². The quantitative estimate of drug-likeness (QED) is 0.801. The highest BCUT2D eigenvalue weighted by Gasteiger charge is 2.11. The zero-order chi connectivity index (χ0) is 10.6. The number of benzene rings is 1. The van der Waals surface area contributed by atoms with Crippen LogP contribution in [0.5, 0.6) is 0 Å². The Kier molecular flexibility index (Phi) is 3.77. The molecule has 0 saturated heterocycles. The summed E-state index contributed by atoms with van der Waals surface area (Å²) in [6, 6.07) is 5.67. The molecule has 0 bridgehead atoms. The molecule has 2 nitrogen and oxygen atoms in total. The molecule has 76 valence electrons. The van der Waals surface area contributed by atoms with Crippen LogP contribution >= 0.6 is 0 Å². The van der Waals surface area contributed by atoms with Crippen LogP contribution in [0.15, 0.2) is 24.3 Å². The Morgan fingerprint density at radius 2 is 2.29 bits per heavy atom. The lowest BCUT2D eigenvalue weighted by Crippen LogP contribution is -2.05. The van der Waals surface area contributed by atoms with Crippen molar-refractivity contribution in [3.05, 3.63) is 35.6 Å². The lowest BCUT2D eigenvalue weighted by atomic mass is 10.0. The molecule has 3 heteroatoms. The molecule has 0 aromatic heterocycles. The number of hydrogen-bond acceptors (Lipinski definition) is 2. The maximum atomic E-state index is 12.8. The van der Waals surface area contributed by atoms with Gasteiger partial charge in [0.1, 0.15) is 11.6 Å². The number of carbonyl (C=O) groups excluding carboxylic acids is 1. The summed E-state index contributed by atoms with van der Waals surface area (Å²) in [5.41, 5.74) is 0.451. The van der Waals surface area contributed by atoms with E-state index >= 15 is 0 Å². The van der Waals surface area contributed by atoms with Crippen molar-refractivity contribution in [1.29, 1.82) is 0 Å². The van der Waals surface area contributed by atoms with Crippen LogP contribution < -0.4 is 0 Å². The van der Waals surface area contributed by atoms with Gasteiger partial charge in [-0.3, -0.25) is 4.79 Å². The third-order valence-electron chi connectivity index (χ3n) is 2.05. The molecule has 1 rings (SSSR count). The molecule has 1 atom stereocenters. The second-order valence-corrected chi connectivity index (χ2v) is 3.17. The predicted octanol–water partition coefficient (Wildman–Crippen LogP) is 2.23. The van der Waals surface area contributed by atoms with Crippen molar-refractivity contribution in [2.24, 2.45) is 0 Å². The van der Waals surface area contributed by atoms with Crippen molar-refractivity contribution in [1.82, 2.24) is 0 Å². The first-order chi connectivity index (χ1) is 6.63. The molecule has 0 saturated carbocycles. The standard InChI is InChI=1S/C11H13FO2/c1-2-10(13)7-11(14)8-4-3-5-9(12)6-8/h3-6,11,14H,2,7H2,1H3. The average Bonchev–Trinajstić information content (AvgIpc) is 2.17. The molecule has 1 aromatic rings. The van der Waals surface area contributed by atoms with Crippen LogP contribution in [-0.2, 0) is 4.79 Å². The van der Waals surface area contributed by atoms with Gasteiger partial charge in [0.25, 0.3) is 0 Å². The lowest BCUT2D eigenvalue weighted by molar-refractivity contribution is -0.120. The highest BCUT2D eigenvalue weighted by Crippen LogP contribution is 2.18. The number of halogens is 1. The molecule has 0 aliphatic heterocycles. The van der Waals surface area contributed by atoms with Gasteiger partial charge in [0.2, 0.25) is 0 Å². The van der Waals surface area contributed by atoms with Crippen molar-refractivity contribution < 1.29 is 14.3 Å². The Morgan fingerprint density at radius 3 is 2.86 bits per heavy atom. The van der Waals surface area contributed by atoms with E-state index < -0.39 is 11.9 Å². The molecule has 0 aliphatic carbocycles. The maximum absolute atomic E-state index is 12.8. The van der Waals surface area contributed by atoms with Crippen molar-refractivity contribution in [2.45, 2.75) is 25.9 Å². The summed E-state index contributed by atoms with van der Waals surface area (Å²) in [7, 11) is 0. The van der Waals surface area contributed by atoms with Crippen LogP contribution in [0.2, 0.25) is 0 Å². The summed E-state index contributed by atoms with van der Waals surface area (Å²) in [6.07, 6.45) is -0.440. The molecule has 14 heavy (non-hydrogen) atoms. The fourth-order valence-electron chi connectivity index (χ4n) is 1.19. The van der Waals surface area contributed by atoms with Gasteiger partial charge < -0.3 is 5.11 Å². The molecule has 0 radical (unpaired) electrons. The third kappa shape index (κ3) is 2.92. The van der Waals surface area contributed by atoms with Gasteiger partial charge in [-0.15, -0.1) is 0 Å². The van der Waals surface area contributed by atoms with E-state index in [2.05, 4.69) is 0 Å². The molecule has 0 amide bonds. The number of ketones is 1. The molecule has 0 fully saturated rings. The van der Waals surface area contributed by atoms with E-state index in [1.165, 1.54) is 18.2 Å².